The zero-order chi connectivity index (χ0) is 10.3. The van der Waals surface area contributed by atoms with Gasteiger partial charge in [-0.25, -0.2) is 0 Å². The Hall–Kier alpha value is -0.520. The molecular weight excluding hydrogens is 156 g/mol. The molecule has 0 aliphatic carbocycles. The summed E-state index contributed by atoms with van der Waals surface area (Å²) in [7, 11) is 0. The topological polar surface area (TPSA) is 0 Å². The lowest BCUT2D eigenvalue weighted by molar-refractivity contribution is 0.693. The van der Waals surface area contributed by atoms with E-state index in [4.69, 9.17) is 0 Å². The summed E-state index contributed by atoms with van der Waals surface area (Å²) < 4.78 is 0. The second-order valence-electron chi connectivity index (χ2n) is 3.91. The van der Waals surface area contributed by atoms with Gasteiger partial charge in [0.25, 0.3) is 0 Å². The van der Waals surface area contributed by atoms with Gasteiger partial charge in [-0.2, -0.15) is 0 Å². The zero-order valence-electron chi connectivity index (χ0n) is 9.85. The summed E-state index contributed by atoms with van der Waals surface area (Å²) >= 11 is 0. The van der Waals surface area contributed by atoms with E-state index in [1.807, 2.05) is 0 Å². The third-order valence-electron chi connectivity index (χ3n) is 2.54. The quantitative estimate of drug-likeness (QED) is 0.537. The summed E-state index contributed by atoms with van der Waals surface area (Å²) in [5, 5.41) is 0. The monoisotopic (exact) mass is 180 g/mol. The Bertz CT molecular complexity index is 184. The van der Waals surface area contributed by atoms with Gasteiger partial charge in [-0.1, -0.05) is 56.9 Å². The number of unbranched alkanes of at least 4 members (excludes halogenated alkanes) is 1. The highest BCUT2D eigenvalue weighted by atomic mass is 14.0. The molecule has 76 valence electrons. The van der Waals surface area contributed by atoms with E-state index in [9.17, 15) is 0 Å². The molecule has 1 unspecified atom stereocenters. The highest BCUT2D eigenvalue weighted by molar-refractivity contribution is 5.27. The molecule has 0 heteroatoms. The van der Waals surface area contributed by atoms with Crippen molar-refractivity contribution >= 4 is 0 Å². The Morgan fingerprint density at radius 3 is 2.23 bits per heavy atom. The van der Waals surface area contributed by atoms with Crippen LogP contribution < -0.4 is 0 Å². The molecule has 0 aliphatic heterocycles. The molecule has 0 spiro atoms. The van der Waals surface area contributed by atoms with Crippen molar-refractivity contribution < 1.29 is 0 Å². The third-order valence-corrected chi connectivity index (χ3v) is 2.54. The lowest BCUT2D eigenvalue weighted by Crippen LogP contribution is -1.89. The maximum absolute atomic E-state index is 2.38. The average Bonchev–Trinajstić information content (AvgIpc) is 2.13. The second-order valence-corrected chi connectivity index (χ2v) is 3.91. The molecule has 0 radical (unpaired) electrons. The van der Waals surface area contributed by atoms with Crippen LogP contribution in [0.4, 0.5) is 0 Å². The van der Waals surface area contributed by atoms with Gasteiger partial charge in [-0.3, -0.25) is 0 Å². The van der Waals surface area contributed by atoms with Gasteiger partial charge in [-0.15, -0.1) is 0 Å². The zero-order valence-corrected chi connectivity index (χ0v) is 9.85. The van der Waals surface area contributed by atoms with E-state index in [1.165, 1.54) is 30.4 Å². The molecule has 0 aromatic rings. The van der Waals surface area contributed by atoms with Gasteiger partial charge in [0.15, 0.2) is 0 Å². The van der Waals surface area contributed by atoms with Gasteiger partial charge in [0.1, 0.15) is 0 Å². The van der Waals surface area contributed by atoms with Crippen LogP contribution in [0.3, 0.4) is 0 Å². The van der Waals surface area contributed by atoms with Crippen molar-refractivity contribution in [3.05, 3.63) is 23.3 Å². The first-order valence-electron chi connectivity index (χ1n) is 5.47. The average molecular weight is 180 g/mol. The van der Waals surface area contributed by atoms with E-state index in [0.717, 1.165) is 0 Å². The van der Waals surface area contributed by atoms with Gasteiger partial charge in [-0.05, 0) is 26.2 Å². The first kappa shape index (κ1) is 12.5. The summed E-state index contributed by atoms with van der Waals surface area (Å²) in [5.74, 6) is 0.713. The predicted octanol–water partition coefficient (Wildman–Crippen LogP) is 4.73. The summed E-state index contributed by atoms with van der Waals surface area (Å²) in [6.07, 6.45) is 8.40. The normalized spacial score (nSPS) is 16.1. The fourth-order valence-electron chi connectivity index (χ4n) is 1.20. The van der Waals surface area contributed by atoms with Gasteiger partial charge in [0.05, 0.1) is 0 Å². The van der Waals surface area contributed by atoms with E-state index >= 15 is 0 Å². The molecule has 0 saturated heterocycles. The molecule has 13 heavy (non-hydrogen) atoms. The largest absolute Gasteiger partial charge is 0.0814 e. The van der Waals surface area contributed by atoms with Crippen LogP contribution in [0, 0.1) is 5.92 Å². The van der Waals surface area contributed by atoms with Crippen molar-refractivity contribution in [3.63, 3.8) is 0 Å². The van der Waals surface area contributed by atoms with Gasteiger partial charge < -0.3 is 0 Å². The number of hydrogen-bond acceptors (Lipinski definition) is 0. The summed E-state index contributed by atoms with van der Waals surface area (Å²) in [6.45, 7) is 11.2. The van der Waals surface area contributed by atoms with Crippen molar-refractivity contribution in [3.8, 4) is 0 Å². The lowest BCUT2D eigenvalue weighted by Gasteiger charge is -2.06. The number of hydrogen-bond donors (Lipinski definition) is 0. The summed E-state index contributed by atoms with van der Waals surface area (Å²) in [4.78, 5) is 0. The van der Waals surface area contributed by atoms with E-state index in [0.29, 0.717) is 5.92 Å². The van der Waals surface area contributed by atoms with E-state index < -0.39 is 0 Å². The van der Waals surface area contributed by atoms with Gasteiger partial charge >= 0.3 is 0 Å². The Kier molecular flexibility index (Phi) is 6.66. The van der Waals surface area contributed by atoms with E-state index in [1.54, 1.807) is 0 Å². The van der Waals surface area contributed by atoms with Crippen LogP contribution in [-0.2, 0) is 0 Å². The minimum absolute atomic E-state index is 0.713. The first-order chi connectivity index (χ1) is 6.11. The van der Waals surface area contributed by atoms with Crippen LogP contribution in [0.15, 0.2) is 23.3 Å². The minimum Gasteiger partial charge on any atom is -0.0814 e. The van der Waals surface area contributed by atoms with Crippen LogP contribution in [0.1, 0.15) is 53.9 Å². The van der Waals surface area contributed by atoms with E-state index in [-0.39, 0.29) is 0 Å². The molecular formula is C13H24. The SMILES string of the molecule is CCC/C=C(C)\C(C)=C/C(C)CC. The molecule has 1 atom stereocenters. The van der Waals surface area contributed by atoms with Crippen LogP contribution in [0.25, 0.3) is 0 Å². The Morgan fingerprint density at radius 1 is 1.15 bits per heavy atom. The molecule has 0 fully saturated rings. The highest BCUT2D eigenvalue weighted by Crippen LogP contribution is 2.14. The minimum atomic E-state index is 0.713. The van der Waals surface area contributed by atoms with Crippen LogP contribution >= 0.6 is 0 Å². The molecule has 0 amide bonds. The van der Waals surface area contributed by atoms with E-state index in [2.05, 4.69) is 46.8 Å². The molecule has 0 bridgehead atoms. The smallest absolute Gasteiger partial charge is 0.0259 e. The number of rotatable bonds is 5. The first-order valence-corrected chi connectivity index (χ1v) is 5.47. The van der Waals surface area contributed by atoms with Crippen molar-refractivity contribution in [2.75, 3.05) is 0 Å². The summed E-state index contributed by atoms with van der Waals surface area (Å²) in [6, 6.07) is 0. The van der Waals surface area contributed by atoms with Gasteiger partial charge in [0.2, 0.25) is 0 Å². The summed E-state index contributed by atoms with van der Waals surface area (Å²) in [5.41, 5.74) is 2.89. The van der Waals surface area contributed by atoms with Crippen LogP contribution in [0.2, 0.25) is 0 Å². The fraction of sp³-hybridized carbons (Fsp3) is 0.692. The Labute approximate surface area is 83.7 Å². The Balaban J connectivity index is 4.22. The molecule has 0 aromatic carbocycles. The van der Waals surface area contributed by atoms with Crippen LogP contribution in [0.5, 0.6) is 0 Å². The molecule has 0 aromatic heterocycles. The Morgan fingerprint density at radius 2 is 1.77 bits per heavy atom. The standard InChI is InChI=1S/C13H24/c1-6-8-9-12(4)13(5)10-11(3)7-2/h9-11H,6-8H2,1-5H3/b12-9-,13-10-. The fourth-order valence-corrected chi connectivity index (χ4v) is 1.20. The molecule has 0 saturated carbocycles. The molecule has 0 heterocycles. The van der Waals surface area contributed by atoms with Crippen molar-refractivity contribution in [2.45, 2.75) is 53.9 Å². The molecule has 0 rings (SSSR count). The molecule has 0 nitrogen and oxygen atoms in total. The maximum Gasteiger partial charge on any atom is -0.0259 e. The lowest BCUT2D eigenvalue weighted by atomic mass is 10.0. The maximum atomic E-state index is 2.38. The highest BCUT2D eigenvalue weighted by Gasteiger charge is 1.96. The second kappa shape index (κ2) is 6.94. The molecule has 0 N–H and O–H groups in total. The predicted molar refractivity (Wildman–Crippen MR) is 61.9 cm³/mol. The van der Waals surface area contributed by atoms with Crippen LogP contribution in [-0.4, -0.2) is 0 Å². The van der Waals surface area contributed by atoms with Crippen molar-refractivity contribution in [1.29, 1.82) is 0 Å². The van der Waals surface area contributed by atoms with Crippen molar-refractivity contribution in [1.82, 2.24) is 0 Å². The van der Waals surface area contributed by atoms with Crippen molar-refractivity contribution in [2.24, 2.45) is 5.92 Å². The van der Waals surface area contributed by atoms with Gasteiger partial charge in [0, 0.05) is 0 Å². The molecule has 0 aliphatic rings. The number of allylic oxidation sites excluding steroid dienone is 4. The third kappa shape index (κ3) is 5.68.